The highest BCUT2D eigenvalue weighted by atomic mass is 16.6. The molecule has 27 heavy (non-hydrogen) atoms. The van der Waals surface area contributed by atoms with Gasteiger partial charge in [0.2, 0.25) is 5.78 Å². The van der Waals surface area contributed by atoms with Gasteiger partial charge in [-0.05, 0) is 32.8 Å². The van der Waals surface area contributed by atoms with E-state index in [-0.39, 0.29) is 6.54 Å². The molecule has 150 valence electrons. The molecule has 0 saturated heterocycles. The topological polar surface area (TPSA) is 89.8 Å². The van der Waals surface area contributed by atoms with Crippen LogP contribution in [0.15, 0.2) is 30.3 Å². The Labute approximate surface area is 160 Å². The monoisotopic (exact) mass is 378 g/mol. The van der Waals surface area contributed by atoms with Gasteiger partial charge in [-0.2, -0.15) is 0 Å². The van der Waals surface area contributed by atoms with Crippen LogP contribution in [0.4, 0.5) is 4.79 Å². The van der Waals surface area contributed by atoms with Gasteiger partial charge in [0.25, 0.3) is 5.54 Å². The van der Waals surface area contributed by atoms with Gasteiger partial charge in [-0.15, -0.1) is 0 Å². The van der Waals surface area contributed by atoms with Crippen LogP contribution in [-0.2, 0) is 16.1 Å². The van der Waals surface area contributed by atoms with Crippen LogP contribution in [0.1, 0.15) is 53.5 Å². The molecule has 1 amide bonds. The Morgan fingerprint density at radius 2 is 1.70 bits per heavy atom. The maximum atomic E-state index is 12.6. The van der Waals surface area contributed by atoms with Crippen molar-refractivity contribution in [2.45, 2.75) is 65.6 Å². The van der Waals surface area contributed by atoms with E-state index in [1.165, 1.54) is 18.7 Å². The quantitative estimate of drug-likeness (QED) is 0.502. The Morgan fingerprint density at radius 3 is 2.19 bits per heavy atom. The first kappa shape index (κ1) is 22.6. The Balaban J connectivity index is 2.86. The van der Waals surface area contributed by atoms with Gasteiger partial charge in [-0.25, -0.2) is 4.79 Å². The zero-order chi connectivity index (χ0) is 20.8. The van der Waals surface area contributed by atoms with Crippen LogP contribution in [0.2, 0.25) is 0 Å². The highest BCUT2D eigenvalue weighted by Gasteiger charge is 2.42. The van der Waals surface area contributed by atoms with Crippen molar-refractivity contribution in [2.24, 2.45) is 5.92 Å². The second kappa shape index (κ2) is 8.97. The lowest BCUT2D eigenvalue weighted by atomic mass is 9.88. The van der Waals surface area contributed by atoms with Gasteiger partial charge >= 0.3 is 6.09 Å². The summed E-state index contributed by atoms with van der Waals surface area (Å²) in [7, 11) is 0. The lowest BCUT2D eigenvalue weighted by Crippen LogP contribution is -2.44. The number of carbonyl (C=O) groups is 2. The van der Waals surface area contributed by atoms with E-state index in [0.717, 1.165) is 5.56 Å². The van der Waals surface area contributed by atoms with Crippen LogP contribution in [0.3, 0.4) is 0 Å². The smallest absolute Gasteiger partial charge is 0.410 e. The van der Waals surface area contributed by atoms with Gasteiger partial charge in [0.15, 0.2) is 0 Å². The molecule has 1 atom stereocenters. The van der Waals surface area contributed by atoms with Crippen molar-refractivity contribution >= 4 is 11.9 Å². The largest absolute Gasteiger partial charge is 0.444 e. The van der Waals surface area contributed by atoms with E-state index in [2.05, 4.69) is 0 Å². The van der Waals surface area contributed by atoms with Crippen molar-refractivity contribution in [1.82, 2.24) is 4.90 Å². The fraction of sp³-hybridized carbons (Fsp3) is 0.600. The van der Waals surface area contributed by atoms with Crippen molar-refractivity contribution in [3.63, 3.8) is 0 Å². The zero-order valence-electron chi connectivity index (χ0n) is 17.0. The molecule has 0 spiro atoms. The van der Waals surface area contributed by atoms with Crippen LogP contribution >= 0.6 is 0 Å². The fourth-order valence-electron chi connectivity index (χ4n) is 2.54. The SMILES string of the molecule is CC(CCN(Cc1ccccc1)C(=O)OC(C)(C)C)C(=O)C(C)(C)[N+](=O)[O-]. The predicted molar refractivity (Wildman–Crippen MR) is 103 cm³/mol. The van der Waals surface area contributed by atoms with Crippen molar-refractivity contribution < 1.29 is 19.2 Å². The second-order valence-electron chi connectivity index (χ2n) is 8.26. The minimum atomic E-state index is -1.64. The van der Waals surface area contributed by atoms with Crippen molar-refractivity contribution in [3.8, 4) is 0 Å². The molecule has 0 saturated carbocycles. The maximum Gasteiger partial charge on any atom is 0.410 e. The number of benzene rings is 1. The summed E-state index contributed by atoms with van der Waals surface area (Å²) in [5, 5.41) is 11.1. The summed E-state index contributed by atoms with van der Waals surface area (Å²) in [5.74, 6) is -0.998. The Kier molecular flexibility index (Phi) is 7.51. The Morgan fingerprint density at radius 1 is 1.15 bits per heavy atom. The van der Waals surface area contributed by atoms with Crippen LogP contribution < -0.4 is 0 Å². The molecule has 7 nitrogen and oxygen atoms in total. The third kappa shape index (κ3) is 7.00. The van der Waals surface area contributed by atoms with E-state index in [4.69, 9.17) is 4.74 Å². The average molecular weight is 378 g/mol. The molecule has 0 fully saturated rings. The lowest BCUT2D eigenvalue weighted by molar-refractivity contribution is -0.543. The minimum Gasteiger partial charge on any atom is -0.444 e. The van der Waals surface area contributed by atoms with Crippen molar-refractivity contribution in [3.05, 3.63) is 46.0 Å². The number of carbonyl (C=O) groups excluding carboxylic acids is 2. The molecule has 1 aromatic carbocycles. The normalized spacial score (nSPS) is 13.0. The molecule has 0 aliphatic rings. The molecule has 1 rings (SSSR count). The summed E-state index contributed by atoms with van der Waals surface area (Å²) in [4.78, 5) is 37.0. The number of rotatable bonds is 8. The molecular formula is C20H30N2O5. The highest BCUT2D eigenvalue weighted by Crippen LogP contribution is 2.20. The van der Waals surface area contributed by atoms with E-state index >= 15 is 0 Å². The van der Waals surface area contributed by atoms with Crippen LogP contribution in [-0.4, -0.2) is 39.4 Å². The summed E-state index contributed by atoms with van der Waals surface area (Å²) in [6.45, 7) is 10.2. The van der Waals surface area contributed by atoms with Gasteiger partial charge in [0.05, 0.1) is 0 Å². The minimum absolute atomic E-state index is 0.268. The summed E-state index contributed by atoms with van der Waals surface area (Å²) in [5.41, 5.74) is -1.34. The Hall–Kier alpha value is -2.44. The van der Waals surface area contributed by atoms with Crippen LogP contribution in [0, 0.1) is 16.0 Å². The predicted octanol–water partition coefficient (Wildman–Crippen LogP) is 4.07. The summed E-state index contributed by atoms with van der Waals surface area (Å²) < 4.78 is 5.46. The molecule has 0 aromatic heterocycles. The van der Waals surface area contributed by atoms with E-state index < -0.39 is 33.9 Å². The summed E-state index contributed by atoms with van der Waals surface area (Å²) >= 11 is 0. The van der Waals surface area contributed by atoms with Crippen molar-refractivity contribution in [1.29, 1.82) is 0 Å². The number of nitrogens with zero attached hydrogens (tertiary/aromatic N) is 2. The molecule has 7 heteroatoms. The highest BCUT2D eigenvalue weighted by molar-refractivity contribution is 5.88. The van der Waals surface area contributed by atoms with Gasteiger partial charge in [-0.3, -0.25) is 14.9 Å². The molecule has 0 bridgehead atoms. The van der Waals surface area contributed by atoms with E-state index in [9.17, 15) is 19.7 Å². The van der Waals surface area contributed by atoms with Gasteiger partial charge < -0.3 is 9.64 Å². The van der Waals surface area contributed by atoms with Crippen LogP contribution in [0.25, 0.3) is 0 Å². The number of hydrogen-bond donors (Lipinski definition) is 0. The van der Waals surface area contributed by atoms with Crippen molar-refractivity contribution in [2.75, 3.05) is 6.54 Å². The summed E-state index contributed by atoms with van der Waals surface area (Å²) in [6.07, 6.45) is -0.151. The van der Waals surface area contributed by atoms with Gasteiger partial charge in [0.1, 0.15) is 5.60 Å². The molecule has 0 heterocycles. The lowest BCUT2D eigenvalue weighted by Gasteiger charge is -2.28. The van der Waals surface area contributed by atoms with Gasteiger partial charge in [-0.1, -0.05) is 37.3 Å². The third-order valence-corrected chi connectivity index (χ3v) is 4.21. The maximum absolute atomic E-state index is 12.6. The first-order valence-corrected chi connectivity index (χ1v) is 9.05. The second-order valence-corrected chi connectivity index (χ2v) is 8.26. The van der Waals surface area contributed by atoms with Crippen LogP contribution in [0.5, 0.6) is 0 Å². The molecule has 1 aromatic rings. The zero-order valence-corrected chi connectivity index (χ0v) is 17.0. The Bertz CT molecular complexity index is 665. The standard InChI is InChI=1S/C20H30N2O5/c1-15(17(23)20(5,6)22(25)26)12-13-21(18(24)27-19(2,3)4)14-16-10-8-7-9-11-16/h7-11,15H,12-14H2,1-6H3. The first-order chi connectivity index (χ1) is 12.3. The molecule has 1 unspecified atom stereocenters. The molecule has 0 N–H and O–H groups in total. The fourth-order valence-corrected chi connectivity index (χ4v) is 2.54. The number of ketones is 1. The third-order valence-electron chi connectivity index (χ3n) is 4.21. The van der Waals surface area contributed by atoms with E-state index in [0.29, 0.717) is 13.0 Å². The molecule has 0 aliphatic heterocycles. The van der Waals surface area contributed by atoms with E-state index in [1.807, 2.05) is 30.3 Å². The number of hydrogen-bond acceptors (Lipinski definition) is 5. The number of nitro groups is 1. The molecule has 0 radical (unpaired) electrons. The first-order valence-electron chi connectivity index (χ1n) is 9.05. The molecule has 0 aliphatic carbocycles. The molecular weight excluding hydrogens is 348 g/mol. The average Bonchev–Trinajstić information content (AvgIpc) is 2.56. The number of Topliss-reactive ketones (excluding diaryl/α,β-unsaturated/α-hetero) is 1. The number of amides is 1. The summed E-state index contributed by atoms with van der Waals surface area (Å²) in [6, 6.07) is 9.47. The van der Waals surface area contributed by atoms with Gasteiger partial charge in [0, 0.05) is 37.8 Å². The number of ether oxygens (including phenoxy) is 1. The van der Waals surface area contributed by atoms with E-state index in [1.54, 1.807) is 27.7 Å².